The van der Waals surface area contributed by atoms with Gasteiger partial charge in [0.15, 0.2) is 11.5 Å². The molecular formula is C16H16Cl2N2O4. The van der Waals surface area contributed by atoms with Crippen molar-refractivity contribution in [2.24, 2.45) is 0 Å². The minimum absolute atomic E-state index is 0.276. The number of ether oxygens (including phenoxy) is 3. The fourth-order valence-corrected chi connectivity index (χ4v) is 2.45. The zero-order valence-electron chi connectivity index (χ0n) is 13.3. The molecule has 0 atom stereocenters. The summed E-state index contributed by atoms with van der Waals surface area (Å²) in [5.41, 5.74) is 6.63. The Morgan fingerprint density at radius 1 is 0.958 bits per heavy atom. The maximum absolute atomic E-state index is 12.5. The fraction of sp³-hybridized carbons (Fsp3) is 0.188. The van der Waals surface area contributed by atoms with E-state index >= 15 is 0 Å². The second-order valence-electron chi connectivity index (χ2n) is 4.72. The highest BCUT2D eigenvalue weighted by Gasteiger charge is 2.18. The molecular weight excluding hydrogens is 355 g/mol. The van der Waals surface area contributed by atoms with Gasteiger partial charge >= 0.3 is 0 Å². The predicted molar refractivity (Wildman–Crippen MR) is 94.9 cm³/mol. The third kappa shape index (κ3) is 3.60. The van der Waals surface area contributed by atoms with Crippen molar-refractivity contribution in [2.75, 3.05) is 32.4 Å². The second-order valence-corrected chi connectivity index (χ2v) is 5.54. The van der Waals surface area contributed by atoms with Crippen molar-refractivity contribution in [3.05, 3.63) is 39.9 Å². The first-order chi connectivity index (χ1) is 11.4. The lowest BCUT2D eigenvalue weighted by molar-refractivity contribution is 0.102. The van der Waals surface area contributed by atoms with Crippen molar-refractivity contribution >= 4 is 40.5 Å². The Kier molecular flexibility index (Phi) is 5.64. The number of benzene rings is 2. The van der Waals surface area contributed by atoms with Gasteiger partial charge < -0.3 is 25.3 Å². The number of carbonyl (C=O) groups excluding carboxylic acids is 1. The zero-order chi connectivity index (χ0) is 17.9. The summed E-state index contributed by atoms with van der Waals surface area (Å²) in [7, 11) is 4.42. The van der Waals surface area contributed by atoms with Gasteiger partial charge in [-0.15, -0.1) is 0 Å². The largest absolute Gasteiger partial charge is 0.493 e. The van der Waals surface area contributed by atoms with Crippen LogP contribution in [0.5, 0.6) is 17.2 Å². The maximum atomic E-state index is 12.5. The van der Waals surface area contributed by atoms with E-state index in [4.69, 9.17) is 43.1 Å². The van der Waals surface area contributed by atoms with Crippen LogP contribution in [0.25, 0.3) is 0 Å². The highest BCUT2D eigenvalue weighted by molar-refractivity contribution is 6.37. The van der Waals surface area contributed by atoms with E-state index in [1.54, 1.807) is 0 Å². The van der Waals surface area contributed by atoms with E-state index in [9.17, 15) is 4.79 Å². The summed E-state index contributed by atoms with van der Waals surface area (Å²) in [5, 5.41) is 3.24. The molecule has 0 spiro atoms. The number of nitrogen functional groups attached to an aromatic ring is 1. The van der Waals surface area contributed by atoms with Gasteiger partial charge in [-0.2, -0.15) is 0 Å². The van der Waals surface area contributed by atoms with Gasteiger partial charge in [-0.05, 0) is 24.3 Å². The van der Waals surface area contributed by atoms with Crippen LogP contribution in [0.1, 0.15) is 10.4 Å². The van der Waals surface area contributed by atoms with Crippen LogP contribution in [0.2, 0.25) is 10.0 Å². The Balaban J connectivity index is 2.38. The van der Waals surface area contributed by atoms with Gasteiger partial charge in [-0.25, -0.2) is 0 Å². The third-order valence-corrected chi connectivity index (χ3v) is 3.90. The van der Waals surface area contributed by atoms with Crippen LogP contribution < -0.4 is 25.3 Å². The van der Waals surface area contributed by atoms with E-state index in [-0.39, 0.29) is 5.02 Å². The predicted octanol–water partition coefficient (Wildman–Crippen LogP) is 3.85. The van der Waals surface area contributed by atoms with Crippen molar-refractivity contribution in [1.29, 1.82) is 0 Å². The van der Waals surface area contributed by atoms with E-state index in [1.807, 2.05) is 0 Å². The summed E-state index contributed by atoms with van der Waals surface area (Å²) in [4.78, 5) is 12.5. The molecule has 128 valence electrons. The van der Waals surface area contributed by atoms with Crippen LogP contribution in [0.4, 0.5) is 11.4 Å². The molecule has 6 nitrogen and oxygen atoms in total. The fourth-order valence-electron chi connectivity index (χ4n) is 2.06. The molecule has 0 heterocycles. The number of rotatable bonds is 5. The zero-order valence-corrected chi connectivity index (χ0v) is 14.8. The molecule has 0 radical (unpaired) electrons. The molecule has 2 aromatic rings. The summed E-state index contributed by atoms with van der Waals surface area (Å²) in [6.45, 7) is 0. The summed E-state index contributed by atoms with van der Waals surface area (Å²) in [6, 6.07) is 6.01. The molecule has 0 aliphatic rings. The molecule has 0 saturated heterocycles. The second kappa shape index (κ2) is 7.51. The molecule has 0 aliphatic carbocycles. The topological polar surface area (TPSA) is 82.8 Å². The Bertz CT molecular complexity index is 756. The van der Waals surface area contributed by atoms with Crippen LogP contribution in [-0.4, -0.2) is 27.2 Å². The van der Waals surface area contributed by atoms with Crippen LogP contribution >= 0.6 is 23.2 Å². The molecule has 24 heavy (non-hydrogen) atoms. The van der Waals surface area contributed by atoms with Crippen molar-refractivity contribution in [3.8, 4) is 17.2 Å². The minimum Gasteiger partial charge on any atom is -0.493 e. The lowest BCUT2D eigenvalue weighted by atomic mass is 10.1. The molecule has 2 aromatic carbocycles. The van der Waals surface area contributed by atoms with E-state index in [1.165, 1.54) is 45.6 Å². The Morgan fingerprint density at radius 2 is 1.54 bits per heavy atom. The number of halogens is 2. The maximum Gasteiger partial charge on any atom is 0.255 e. The molecule has 0 aliphatic heterocycles. The average Bonchev–Trinajstić information content (AvgIpc) is 2.57. The van der Waals surface area contributed by atoms with Crippen LogP contribution in [0.15, 0.2) is 24.3 Å². The SMILES string of the molecule is COc1cc(C(=O)Nc2cc(Cl)c(N)cc2Cl)cc(OC)c1OC. The van der Waals surface area contributed by atoms with Gasteiger partial charge in [0.2, 0.25) is 5.75 Å². The molecule has 0 fully saturated rings. The Labute approximate surface area is 149 Å². The monoisotopic (exact) mass is 370 g/mol. The summed E-state index contributed by atoms with van der Waals surface area (Å²) >= 11 is 12.0. The van der Waals surface area contributed by atoms with Gasteiger partial charge in [0.25, 0.3) is 5.91 Å². The minimum atomic E-state index is -0.419. The normalized spacial score (nSPS) is 10.2. The average molecular weight is 371 g/mol. The van der Waals surface area contributed by atoms with E-state index in [0.29, 0.717) is 39.2 Å². The van der Waals surface area contributed by atoms with Gasteiger partial charge in [0.1, 0.15) is 0 Å². The number of nitrogens with two attached hydrogens (primary N) is 1. The first kappa shape index (κ1) is 18.0. The molecule has 0 bridgehead atoms. The number of nitrogens with one attached hydrogen (secondary N) is 1. The molecule has 0 unspecified atom stereocenters. The summed E-state index contributed by atoms with van der Waals surface area (Å²) < 4.78 is 15.7. The van der Waals surface area contributed by atoms with Crippen molar-refractivity contribution in [1.82, 2.24) is 0 Å². The summed E-state index contributed by atoms with van der Waals surface area (Å²) in [6.07, 6.45) is 0. The first-order valence-corrected chi connectivity index (χ1v) is 7.52. The quantitative estimate of drug-likeness (QED) is 0.780. The van der Waals surface area contributed by atoms with Crippen LogP contribution in [0.3, 0.4) is 0 Å². The molecule has 8 heteroatoms. The van der Waals surface area contributed by atoms with Crippen LogP contribution in [0, 0.1) is 0 Å². The number of anilines is 2. The summed E-state index contributed by atoms with van der Waals surface area (Å²) in [5.74, 6) is 0.703. The van der Waals surface area contributed by atoms with E-state index < -0.39 is 5.91 Å². The Morgan fingerprint density at radius 3 is 2.04 bits per heavy atom. The smallest absolute Gasteiger partial charge is 0.255 e. The number of hydrogen-bond acceptors (Lipinski definition) is 5. The Hall–Kier alpha value is -2.31. The highest BCUT2D eigenvalue weighted by atomic mass is 35.5. The van der Waals surface area contributed by atoms with Gasteiger partial charge in [0.05, 0.1) is 42.7 Å². The van der Waals surface area contributed by atoms with E-state index in [0.717, 1.165) is 0 Å². The molecule has 0 aromatic heterocycles. The lowest BCUT2D eigenvalue weighted by Gasteiger charge is -2.14. The van der Waals surface area contributed by atoms with Gasteiger partial charge in [0, 0.05) is 5.56 Å². The number of amides is 1. The molecule has 0 saturated carbocycles. The molecule has 3 N–H and O–H groups in total. The molecule has 1 amide bonds. The van der Waals surface area contributed by atoms with Crippen molar-refractivity contribution in [3.63, 3.8) is 0 Å². The van der Waals surface area contributed by atoms with Crippen molar-refractivity contribution in [2.45, 2.75) is 0 Å². The number of carbonyl (C=O) groups is 1. The van der Waals surface area contributed by atoms with E-state index in [2.05, 4.69) is 5.32 Å². The van der Waals surface area contributed by atoms with Crippen LogP contribution in [-0.2, 0) is 0 Å². The first-order valence-electron chi connectivity index (χ1n) is 6.77. The van der Waals surface area contributed by atoms with Crippen molar-refractivity contribution < 1.29 is 19.0 Å². The van der Waals surface area contributed by atoms with Gasteiger partial charge in [-0.1, -0.05) is 23.2 Å². The third-order valence-electron chi connectivity index (χ3n) is 3.26. The number of hydrogen-bond donors (Lipinski definition) is 2. The standard InChI is InChI=1S/C16H16Cl2N2O4/c1-22-13-4-8(5-14(23-2)15(13)24-3)16(21)20-12-7-9(17)11(19)6-10(12)18/h4-7H,19H2,1-3H3,(H,20,21). The molecule has 2 rings (SSSR count). The highest BCUT2D eigenvalue weighted by Crippen LogP contribution is 2.38. The lowest BCUT2D eigenvalue weighted by Crippen LogP contribution is -2.13. The number of methoxy groups -OCH3 is 3. The van der Waals surface area contributed by atoms with Gasteiger partial charge in [-0.3, -0.25) is 4.79 Å².